The summed E-state index contributed by atoms with van der Waals surface area (Å²) < 4.78 is 0. The lowest BCUT2D eigenvalue weighted by Gasteiger charge is -2.45. The van der Waals surface area contributed by atoms with Crippen molar-refractivity contribution in [3.8, 4) is 10.4 Å². The van der Waals surface area contributed by atoms with Crippen molar-refractivity contribution in [1.82, 2.24) is 4.90 Å². The van der Waals surface area contributed by atoms with E-state index in [0.717, 1.165) is 22.7 Å². The van der Waals surface area contributed by atoms with Crippen LogP contribution in [0.1, 0.15) is 12.8 Å². The second-order valence-corrected chi connectivity index (χ2v) is 7.71. The Bertz CT molecular complexity index is 713. The molecule has 3 fully saturated rings. The van der Waals surface area contributed by atoms with E-state index in [1.54, 1.807) is 16.2 Å². The number of amides is 1. The lowest BCUT2D eigenvalue weighted by molar-refractivity contribution is 0.0543. The van der Waals surface area contributed by atoms with Gasteiger partial charge in [0.05, 0.1) is 10.6 Å². The van der Waals surface area contributed by atoms with E-state index in [-0.39, 0.29) is 12.4 Å². The number of hydrogen-bond acceptors (Lipinski definition) is 3. The second-order valence-electron chi connectivity index (χ2n) is 6.79. The highest BCUT2D eigenvalue weighted by Crippen LogP contribution is 2.39. The monoisotopic (exact) mass is 378 g/mol. The zero-order chi connectivity index (χ0) is 16.5. The van der Waals surface area contributed by atoms with Gasteiger partial charge in [0.1, 0.15) is 0 Å². The van der Waals surface area contributed by atoms with Gasteiger partial charge in [-0.05, 0) is 54.8 Å². The molecule has 0 spiro atoms. The Labute approximate surface area is 158 Å². The van der Waals surface area contributed by atoms with Crippen molar-refractivity contribution in [3.63, 3.8) is 0 Å². The maximum absolute atomic E-state index is 12.0. The number of thiophene rings is 1. The van der Waals surface area contributed by atoms with Gasteiger partial charge < -0.3 is 10.0 Å². The van der Waals surface area contributed by atoms with E-state index in [9.17, 15) is 9.90 Å². The number of hydrogen-bond donors (Lipinski definition) is 1. The second kappa shape index (κ2) is 7.77. The van der Waals surface area contributed by atoms with Crippen LogP contribution in [0.3, 0.4) is 0 Å². The van der Waals surface area contributed by atoms with Gasteiger partial charge in [0.25, 0.3) is 0 Å². The van der Waals surface area contributed by atoms with Crippen LogP contribution >= 0.6 is 23.7 Å². The predicted molar refractivity (Wildman–Crippen MR) is 105 cm³/mol. The van der Waals surface area contributed by atoms with Crippen LogP contribution in [0.2, 0.25) is 0 Å². The van der Waals surface area contributed by atoms with Gasteiger partial charge >= 0.3 is 6.09 Å². The molecular formula is C19H23ClN2O2S. The Morgan fingerprint density at radius 1 is 1.20 bits per heavy atom. The van der Waals surface area contributed by atoms with Crippen molar-refractivity contribution in [2.45, 2.75) is 12.8 Å². The highest BCUT2D eigenvalue weighted by Gasteiger charge is 2.36. The highest BCUT2D eigenvalue weighted by molar-refractivity contribution is 7.14. The quantitative estimate of drug-likeness (QED) is 0.841. The van der Waals surface area contributed by atoms with Crippen molar-refractivity contribution in [3.05, 3.63) is 41.8 Å². The Hall–Kier alpha value is -1.56. The summed E-state index contributed by atoms with van der Waals surface area (Å²) in [6, 6.07) is 12.0. The molecule has 3 saturated heterocycles. The summed E-state index contributed by atoms with van der Waals surface area (Å²) in [6.07, 6.45) is 1.59. The molecule has 1 amide bonds. The van der Waals surface area contributed by atoms with E-state index in [1.165, 1.54) is 25.9 Å². The Morgan fingerprint density at radius 2 is 1.92 bits per heavy atom. The van der Waals surface area contributed by atoms with Crippen molar-refractivity contribution >= 4 is 35.5 Å². The fourth-order valence-corrected chi connectivity index (χ4v) is 5.03. The molecule has 1 N–H and O–H groups in total. The van der Waals surface area contributed by atoms with E-state index >= 15 is 0 Å². The molecule has 25 heavy (non-hydrogen) atoms. The summed E-state index contributed by atoms with van der Waals surface area (Å²) in [5, 5.41) is 11.8. The van der Waals surface area contributed by atoms with E-state index < -0.39 is 6.09 Å². The minimum absolute atomic E-state index is 0. The van der Waals surface area contributed by atoms with Gasteiger partial charge in [-0.15, -0.1) is 23.7 Å². The van der Waals surface area contributed by atoms with Gasteiger partial charge in [0, 0.05) is 13.1 Å². The molecule has 0 radical (unpaired) electrons. The molecule has 1 atom stereocenters. The van der Waals surface area contributed by atoms with Gasteiger partial charge in [-0.3, -0.25) is 4.90 Å². The lowest BCUT2D eigenvalue weighted by atomic mass is 9.79. The number of benzene rings is 1. The zero-order valence-electron chi connectivity index (χ0n) is 14.0. The van der Waals surface area contributed by atoms with Gasteiger partial charge in [-0.25, -0.2) is 4.79 Å². The number of carbonyl (C=O) groups is 1. The maximum atomic E-state index is 12.0. The van der Waals surface area contributed by atoms with E-state index in [2.05, 4.69) is 4.90 Å². The lowest BCUT2D eigenvalue weighted by Crippen LogP contribution is -2.51. The first-order valence-corrected chi connectivity index (χ1v) is 9.46. The summed E-state index contributed by atoms with van der Waals surface area (Å²) in [6.45, 7) is 4.01. The minimum Gasteiger partial charge on any atom is -0.465 e. The third-order valence-electron chi connectivity index (χ3n) is 5.41. The van der Waals surface area contributed by atoms with E-state index in [4.69, 9.17) is 0 Å². The predicted octanol–water partition coefficient (Wildman–Crippen LogP) is 4.66. The third kappa shape index (κ3) is 3.68. The van der Waals surface area contributed by atoms with Crippen LogP contribution in [0.15, 0.2) is 41.8 Å². The smallest absolute Gasteiger partial charge is 0.411 e. The van der Waals surface area contributed by atoms with Gasteiger partial charge in [0.15, 0.2) is 0 Å². The molecule has 1 aromatic heterocycles. The average molecular weight is 379 g/mol. The molecule has 0 saturated carbocycles. The molecular weight excluding hydrogens is 356 g/mol. The van der Waals surface area contributed by atoms with Crippen molar-refractivity contribution in [1.29, 1.82) is 0 Å². The molecule has 0 aliphatic carbocycles. The average Bonchev–Trinajstić information content (AvgIpc) is 3.10. The van der Waals surface area contributed by atoms with Crippen LogP contribution in [0, 0.1) is 11.8 Å². The van der Waals surface area contributed by atoms with Crippen LogP contribution in [-0.4, -0.2) is 42.3 Å². The normalized spacial score (nSPS) is 24.6. The van der Waals surface area contributed by atoms with Crippen molar-refractivity contribution < 1.29 is 9.90 Å². The number of nitrogens with zero attached hydrogens (tertiary/aromatic N) is 2. The number of rotatable bonds is 4. The van der Waals surface area contributed by atoms with Crippen LogP contribution in [0.5, 0.6) is 0 Å². The Morgan fingerprint density at radius 3 is 2.52 bits per heavy atom. The Kier molecular flexibility index (Phi) is 5.67. The number of fused-ring (bicyclic) bond motifs is 3. The standard InChI is InChI=1S/C19H22N2O2S.ClH/c22-19(23)21(13-16-12-20-9-6-14(16)7-10-20)17-8-11-24-18(17)15-4-2-1-3-5-15;/h1-5,8,11,14,16H,6-7,9-10,12-13H2,(H,22,23);1H. The number of halogens is 1. The first-order chi connectivity index (χ1) is 11.7. The molecule has 1 aromatic carbocycles. The van der Waals surface area contributed by atoms with Gasteiger partial charge in [0.2, 0.25) is 0 Å². The summed E-state index contributed by atoms with van der Waals surface area (Å²) in [5.41, 5.74) is 1.91. The molecule has 1 unspecified atom stereocenters. The summed E-state index contributed by atoms with van der Waals surface area (Å²) >= 11 is 1.61. The van der Waals surface area contributed by atoms with Crippen LogP contribution in [0.25, 0.3) is 10.4 Å². The number of piperidine rings is 3. The van der Waals surface area contributed by atoms with E-state index in [1.807, 2.05) is 41.8 Å². The molecule has 3 aliphatic heterocycles. The van der Waals surface area contributed by atoms with Crippen LogP contribution < -0.4 is 4.90 Å². The SMILES string of the molecule is Cl.O=C(O)N(CC1CN2CCC1CC2)c1ccsc1-c1ccccc1. The first-order valence-electron chi connectivity index (χ1n) is 8.58. The van der Waals surface area contributed by atoms with E-state index in [0.29, 0.717) is 18.4 Å². The van der Waals surface area contributed by atoms with Crippen molar-refractivity contribution in [2.24, 2.45) is 11.8 Å². The van der Waals surface area contributed by atoms with Crippen LogP contribution in [0.4, 0.5) is 10.5 Å². The largest absolute Gasteiger partial charge is 0.465 e. The van der Waals surface area contributed by atoms with Crippen LogP contribution in [-0.2, 0) is 0 Å². The zero-order valence-corrected chi connectivity index (χ0v) is 15.6. The number of carboxylic acid groups (broad SMARTS) is 1. The van der Waals surface area contributed by atoms with Gasteiger partial charge in [-0.1, -0.05) is 30.3 Å². The Balaban J connectivity index is 0.00000182. The topological polar surface area (TPSA) is 43.8 Å². The van der Waals surface area contributed by atoms with Crippen molar-refractivity contribution in [2.75, 3.05) is 31.1 Å². The fraction of sp³-hybridized carbons (Fsp3) is 0.421. The third-order valence-corrected chi connectivity index (χ3v) is 6.36. The fourth-order valence-electron chi connectivity index (χ4n) is 4.13. The molecule has 3 aliphatic rings. The molecule has 4 nitrogen and oxygen atoms in total. The molecule has 134 valence electrons. The molecule has 6 heteroatoms. The molecule has 2 aromatic rings. The molecule has 2 bridgehead atoms. The minimum atomic E-state index is -0.845. The molecule has 5 rings (SSSR count). The molecule has 4 heterocycles. The number of anilines is 1. The summed E-state index contributed by atoms with van der Waals surface area (Å²) in [7, 11) is 0. The first kappa shape index (κ1) is 18.2. The highest BCUT2D eigenvalue weighted by atomic mass is 35.5. The maximum Gasteiger partial charge on any atom is 0.411 e. The summed E-state index contributed by atoms with van der Waals surface area (Å²) in [5.74, 6) is 1.13. The van der Waals surface area contributed by atoms with Gasteiger partial charge in [-0.2, -0.15) is 0 Å². The summed E-state index contributed by atoms with van der Waals surface area (Å²) in [4.78, 5) is 17.1.